The van der Waals surface area contributed by atoms with E-state index in [1.54, 1.807) is 86.8 Å². The third-order valence-corrected chi connectivity index (χ3v) is 30.3. The van der Waals surface area contributed by atoms with Gasteiger partial charge in [-0.1, -0.05) is 7.43 Å². The van der Waals surface area contributed by atoms with Gasteiger partial charge in [0.2, 0.25) is 0 Å². The summed E-state index contributed by atoms with van der Waals surface area (Å²) in [5.41, 5.74) is 0.730. The van der Waals surface area contributed by atoms with Crippen LogP contribution in [0.15, 0.2) is 134 Å². The number of aliphatic hydroxyl groups is 8. The van der Waals surface area contributed by atoms with Crippen molar-refractivity contribution in [2.24, 2.45) is 11.8 Å². The molecule has 0 unspecified atom stereocenters. The Balaban J connectivity index is 0.000000219. The number of Topliss-reactive ketones (excluding diaryl/α,β-unsaturated/α-hetero) is 1. The molecule has 121 heavy (non-hydrogen) atoms. The molecule has 0 aromatic carbocycles. The molecule has 3 radical (unpaired) electrons. The Morgan fingerprint density at radius 3 is 0.983 bits per heavy atom. The van der Waals surface area contributed by atoms with Crippen molar-refractivity contribution in [3.05, 3.63) is 194 Å². The van der Waals surface area contributed by atoms with E-state index in [0.717, 1.165) is 110 Å². The van der Waals surface area contributed by atoms with E-state index in [4.69, 9.17) is 33.5 Å². The molecule has 9 aliphatic rings. The number of ketones is 1. The van der Waals surface area contributed by atoms with Gasteiger partial charge in [0, 0.05) is 171 Å². The molecule has 9 N–H and O–H groups in total. The Morgan fingerprint density at radius 2 is 0.702 bits per heavy atom. The molecule has 7 aliphatic carbocycles. The zero-order valence-electron chi connectivity index (χ0n) is 68.0. The molecule has 7 aromatic rings. The fourth-order valence-corrected chi connectivity index (χ4v) is 23.2. The number of carboxylic acid groups (broad SMARTS) is 1. The summed E-state index contributed by atoms with van der Waals surface area (Å²) in [5, 5.41) is 102. The van der Waals surface area contributed by atoms with Crippen LogP contribution in [0.4, 0.5) is 0 Å². The summed E-state index contributed by atoms with van der Waals surface area (Å²) in [6.45, 7) is 2.67. The number of hydrogen-bond acceptors (Lipinski definition) is 25. The van der Waals surface area contributed by atoms with Crippen LogP contribution < -0.4 is 29.6 Å². The molecule has 7 aromatic heterocycles. The summed E-state index contributed by atoms with van der Waals surface area (Å²) >= 11 is 16.6. The number of ether oxygens (including phenoxy) is 4. The number of rotatable bonds is 10. The Hall–Kier alpha value is -1.97. The van der Waals surface area contributed by atoms with Gasteiger partial charge in [-0.05, 0) is 369 Å². The summed E-state index contributed by atoms with van der Waals surface area (Å²) in [5.74, 6) is -1.56. The predicted octanol–water partition coefficient (Wildman–Crippen LogP) is 12.3. The second-order valence-electron chi connectivity index (χ2n) is 31.7. The predicted molar refractivity (Wildman–Crippen MR) is 504 cm³/mol. The summed E-state index contributed by atoms with van der Waals surface area (Å²) in [6.07, 6.45) is 41.9. The Labute approximate surface area is 824 Å². The maximum atomic E-state index is 11.1. The average Bonchev–Trinajstić information content (AvgIpc) is 1.75. The standard InChI is InChI=1S/C13H16BrNO3.C13H16INO3.C12H13IN2O.C12H16INO4S.C12H14INO3.C11H14INO2.C11H12INO2.CH4.B.Na.H/c2*14-11-9-15-6-1-10(11)12(16)2-4-13(5-3-12)17-7-8-18-13;13-11-8-15-6-3-10(11)12(16)4-1-9(7-14)2-5-12;1-19(16,17)18-9-2-5-12(15,6-3-9)10-4-7-14-8-11(10)13;13-10-7-14-6-3-9(10)12(17)4-1-8(2-5-12)11(15)16;2*12-10-7-13-6-3-9(10)11(15)4-1-8(14)2-5-11;;;;/h2*1,6,9,16H,2-5,7-8H2;3,6,8-9,16H,1-2,4-5H2;4,7-9,15H,2-3,5-6H2,1H3;3,6-8,17H,1-2,4-5H2,(H,15,16);3,6-8,14-15H,1-2,4-5H2;3,6-7,15H,1-2,4-5H2;1H4;;;/q;;;;;;;;;+1;-1. The van der Waals surface area contributed by atoms with E-state index in [9.17, 15) is 58.9 Å². The van der Waals surface area contributed by atoms with Crippen molar-refractivity contribution in [2.45, 2.75) is 250 Å². The second kappa shape index (κ2) is 47.7. The van der Waals surface area contributed by atoms with Gasteiger partial charge in [-0.2, -0.15) is 13.7 Å². The van der Waals surface area contributed by atoms with Crippen LogP contribution in [0.25, 0.3) is 0 Å². The molecular weight excluding hydrogens is 2330 g/mol. The molecule has 7 saturated carbocycles. The van der Waals surface area contributed by atoms with Crippen molar-refractivity contribution in [2.75, 3.05) is 32.7 Å². The minimum absolute atomic E-state index is 0. The number of hydrogen-bond donors (Lipinski definition) is 9. The van der Waals surface area contributed by atoms with E-state index in [0.29, 0.717) is 168 Å². The van der Waals surface area contributed by atoms with Gasteiger partial charge < -0.3 is 66.3 Å². The number of nitrogens with zero attached hydrogens (tertiary/aromatic N) is 8. The van der Waals surface area contributed by atoms with Crippen LogP contribution in [0.3, 0.4) is 0 Å². The van der Waals surface area contributed by atoms with Gasteiger partial charge in [0.05, 0.1) is 96.1 Å². The maximum Gasteiger partial charge on any atom is 1.00 e. The minimum Gasteiger partial charge on any atom is -1.00 e. The van der Waals surface area contributed by atoms with Crippen LogP contribution in [0.2, 0.25) is 0 Å². The van der Waals surface area contributed by atoms with Crippen LogP contribution in [0.1, 0.15) is 228 Å². The number of carbonyl (C=O) groups excluding carboxylic acids is 1. The quantitative estimate of drug-likeness (QED) is 0.0349. The smallest absolute Gasteiger partial charge is 1.00 e. The normalized spacial score (nSPS) is 27.2. The molecule has 36 heteroatoms. The molecule has 9 fully saturated rings. The van der Waals surface area contributed by atoms with E-state index in [1.807, 2.05) is 42.5 Å². The molecule has 16 rings (SSSR count). The molecule has 2 aliphatic heterocycles. The summed E-state index contributed by atoms with van der Waals surface area (Å²) in [6, 6.07) is 15.3. The van der Waals surface area contributed by atoms with Crippen molar-refractivity contribution >= 4 is 182 Å². The Kier molecular flexibility index (Phi) is 41.8. The van der Waals surface area contributed by atoms with Gasteiger partial charge in [-0.25, -0.2) is 0 Å². The van der Waals surface area contributed by atoms with Crippen molar-refractivity contribution < 1.29 is 118 Å². The monoisotopic (exact) mass is 2430 g/mol. The summed E-state index contributed by atoms with van der Waals surface area (Å²) < 4.78 is 56.6. The number of carbonyl (C=O) groups is 2. The molecule has 0 atom stereocenters. The van der Waals surface area contributed by atoms with Gasteiger partial charge in [0.1, 0.15) is 5.78 Å². The largest absolute Gasteiger partial charge is 1.00 e. The first-order chi connectivity index (χ1) is 56.0. The third kappa shape index (κ3) is 29.0. The van der Waals surface area contributed by atoms with E-state index in [-0.39, 0.29) is 76.7 Å². The van der Waals surface area contributed by atoms with Crippen LogP contribution in [0, 0.1) is 44.6 Å². The number of carboxylic acids is 1. The van der Waals surface area contributed by atoms with Crippen molar-refractivity contribution in [3.8, 4) is 6.07 Å². The number of halogens is 7. The van der Waals surface area contributed by atoms with Crippen LogP contribution in [0.5, 0.6) is 0 Å². The molecule has 0 bridgehead atoms. The summed E-state index contributed by atoms with van der Waals surface area (Å²) in [4.78, 5) is 50.2. The fraction of sp³-hybridized carbons (Fsp3) is 0.553. The van der Waals surface area contributed by atoms with Crippen LogP contribution >= 0.6 is 151 Å². The first-order valence-electron chi connectivity index (χ1n) is 39.5. The number of pyridine rings is 7. The topological polar surface area (TPSA) is 411 Å². The molecule has 653 valence electrons. The Morgan fingerprint density at radius 1 is 0.446 bits per heavy atom. The first-order valence-corrected chi connectivity index (χ1v) is 48.6. The van der Waals surface area contributed by atoms with Gasteiger partial charge in [0.15, 0.2) is 11.6 Å². The molecular formula is C85H106BBrI6N8NaO18S. The minimum atomic E-state index is -3.43. The van der Waals surface area contributed by atoms with Crippen molar-refractivity contribution in [3.63, 3.8) is 0 Å². The molecule has 2 spiro atoms. The summed E-state index contributed by atoms with van der Waals surface area (Å²) in [7, 11) is -3.43. The Bertz CT molecular complexity index is 4570. The van der Waals surface area contributed by atoms with Gasteiger partial charge in [-0.15, -0.1) is 0 Å². The number of aliphatic carboxylic acids is 1. The van der Waals surface area contributed by atoms with Gasteiger partial charge in [0.25, 0.3) is 10.1 Å². The SMILES string of the molecule is C.CS(=O)(=O)OC1CCC(O)(c2ccncc2I)CC1.N#CC1CCC(O)(c2ccncc2I)CC1.O=C(O)C1CCC(O)(c2ccncc2I)CC1.O=C1CCC(O)(c2ccncc2I)CC1.OC1(c2ccncc2Br)CCC2(CC1)OCCO2.OC1(c2ccncc2I)CCC2(CC1)OCCO2.OC1CCC(O)(c2ccncc2I)CC1.[B].[H-].[Na+]. The molecule has 26 nitrogen and oxygen atoms in total. The van der Waals surface area contributed by atoms with E-state index in [2.05, 4.69) is 192 Å². The average molecular weight is 2440 g/mol. The van der Waals surface area contributed by atoms with Gasteiger partial charge in [-0.3, -0.25) is 48.7 Å². The fourth-order valence-electron chi connectivity index (χ4n) is 16.8. The first kappa shape index (κ1) is 106. The third-order valence-electron chi connectivity index (χ3n) is 23.9. The number of aliphatic hydroxyl groups excluding tert-OH is 1. The number of nitriles is 1. The van der Waals surface area contributed by atoms with Gasteiger partial charge >= 0.3 is 35.5 Å². The molecule has 0 amide bonds. The molecule has 2 saturated heterocycles. The zero-order chi connectivity index (χ0) is 85.2. The van der Waals surface area contributed by atoms with E-state index >= 15 is 0 Å². The van der Waals surface area contributed by atoms with Crippen LogP contribution in [-0.2, 0) is 82.0 Å². The maximum absolute atomic E-state index is 11.1. The van der Waals surface area contributed by atoms with Crippen molar-refractivity contribution in [1.82, 2.24) is 34.9 Å². The van der Waals surface area contributed by atoms with E-state index in [1.165, 1.54) is 0 Å². The zero-order valence-corrected chi connectivity index (χ0v) is 84.3. The molecule has 9 heterocycles. The second-order valence-corrected chi connectivity index (χ2v) is 41.1. The van der Waals surface area contributed by atoms with Crippen LogP contribution in [-0.4, -0.2) is 166 Å². The van der Waals surface area contributed by atoms with Crippen molar-refractivity contribution in [1.29, 1.82) is 5.26 Å². The number of aromatic nitrogens is 7. The van der Waals surface area contributed by atoms with E-state index < -0.39 is 66.9 Å².